The van der Waals surface area contributed by atoms with Crippen molar-refractivity contribution in [2.24, 2.45) is 11.3 Å². The number of rotatable bonds is 0. The molecule has 0 radical (unpaired) electrons. The molecule has 3 heteroatoms. The Balaban J connectivity index is 2.24. The van der Waals surface area contributed by atoms with Gasteiger partial charge in [-0.1, -0.05) is 20.8 Å². The van der Waals surface area contributed by atoms with Crippen molar-refractivity contribution in [3.05, 3.63) is 11.6 Å². The predicted molar refractivity (Wildman–Crippen MR) is 56.0 cm³/mol. The smallest absolute Gasteiger partial charge is 0.133 e. The molecule has 0 saturated carbocycles. The predicted octanol–water partition coefficient (Wildman–Crippen LogP) is 2.20. The van der Waals surface area contributed by atoms with Crippen LogP contribution in [-0.2, 0) is 13.0 Å². The van der Waals surface area contributed by atoms with Gasteiger partial charge in [0.25, 0.3) is 0 Å². The van der Waals surface area contributed by atoms with Gasteiger partial charge in [0, 0.05) is 13.0 Å². The molecule has 0 N–H and O–H groups in total. The second-order valence-corrected chi connectivity index (χ2v) is 5.38. The number of aromatic nitrogens is 3. The fourth-order valence-corrected chi connectivity index (χ4v) is 2.17. The zero-order valence-corrected chi connectivity index (χ0v) is 9.54. The number of hydrogen-bond donors (Lipinski definition) is 0. The van der Waals surface area contributed by atoms with E-state index in [-0.39, 0.29) is 0 Å². The fraction of sp³-hybridized carbons (Fsp3) is 0.818. The van der Waals surface area contributed by atoms with E-state index >= 15 is 0 Å². The van der Waals surface area contributed by atoms with Crippen LogP contribution < -0.4 is 0 Å². The highest BCUT2D eigenvalue weighted by molar-refractivity contribution is 4.99. The molecule has 0 aliphatic carbocycles. The van der Waals surface area contributed by atoms with Crippen molar-refractivity contribution in [1.82, 2.24) is 14.8 Å². The summed E-state index contributed by atoms with van der Waals surface area (Å²) in [5.41, 5.74) is 0.397. The summed E-state index contributed by atoms with van der Waals surface area (Å²) in [6.07, 6.45) is 2.34. The van der Waals surface area contributed by atoms with E-state index in [1.165, 1.54) is 12.2 Å². The summed E-state index contributed by atoms with van der Waals surface area (Å²) in [6, 6.07) is 0. The van der Waals surface area contributed by atoms with Crippen molar-refractivity contribution in [2.45, 2.75) is 47.1 Å². The zero-order valence-electron chi connectivity index (χ0n) is 9.54. The molecule has 0 spiro atoms. The van der Waals surface area contributed by atoms with Gasteiger partial charge in [-0.05, 0) is 24.7 Å². The standard InChI is InChI=1S/C11H19N3/c1-8-12-13-10-6-5-9(7-14(8)10)11(2,3)4/h9H,5-7H2,1-4H3. The van der Waals surface area contributed by atoms with E-state index in [0.717, 1.165) is 24.7 Å². The highest BCUT2D eigenvalue weighted by atomic mass is 15.3. The maximum atomic E-state index is 4.19. The zero-order chi connectivity index (χ0) is 10.3. The first-order valence-electron chi connectivity index (χ1n) is 5.37. The summed E-state index contributed by atoms with van der Waals surface area (Å²) in [5, 5.41) is 8.31. The van der Waals surface area contributed by atoms with Gasteiger partial charge in [0.15, 0.2) is 0 Å². The molecule has 0 fully saturated rings. The van der Waals surface area contributed by atoms with Crippen LogP contribution in [0.3, 0.4) is 0 Å². The third-order valence-electron chi connectivity index (χ3n) is 3.36. The molecule has 78 valence electrons. The van der Waals surface area contributed by atoms with Gasteiger partial charge >= 0.3 is 0 Å². The molecule has 1 unspecified atom stereocenters. The molecular formula is C11H19N3. The first kappa shape index (κ1) is 9.69. The van der Waals surface area contributed by atoms with Crippen LogP contribution in [0.2, 0.25) is 0 Å². The summed E-state index contributed by atoms with van der Waals surface area (Å²) >= 11 is 0. The maximum Gasteiger partial charge on any atom is 0.133 e. The van der Waals surface area contributed by atoms with Crippen molar-refractivity contribution in [3.8, 4) is 0 Å². The van der Waals surface area contributed by atoms with Gasteiger partial charge in [-0.15, -0.1) is 10.2 Å². The van der Waals surface area contributed by atoms with Gasteiger partial charge in [-0.3, -0.25) is 0 Å². The van der Waals surface area contributed by atoms with Crippen LogP contribution >= 0.6 is 0 Å². The Labute approximate surface area is 85.5 Å². The monoisotopic (exact) mass is 193 g/mol. The average molecular weight is 193 g/mol. The first-order chi connectivity index (χ1) is 6.48. The van der Waals surface area contributed by atoms with Gasteiger partial charge in [-0.2, -0.15) is 0 Å². The fourth-order valence-electron chi connectivity index (χ4n) is 2.17. The largest absolute Gasteiger partial charge is 0.315 e. The topological polar surface area (TPSA) is 30.7 Å². The number of aryl methyl sites for hydroxylation is 2. The minimum Gasteiger partial charge on any atom is -0.315 e. The SMILES string of the molecule is Cc1nnc2n1CC(C(C)(C)C)CC2. The Morgan fingerprint density at radius 1 is 1.29 bits per heavy atom. The van der Waals surface area contributed by atoms with E-state index in [4.69, 9.17) is 0 Å². The minimum atomic E-state index is 0.397. The van der Waals surface area contributed by atoms with Crippen LogP contribution in [0.5, 0.6) is 0 Å². The molecule has 1 atom stereocenters. The lowest BCUT2D eigenvalue weighted by molar-refractivity contribution is 0.179. The second-order valence-electron chi connectivity index (χ2n) is 5.38. The molecule has 0 aromatic carbocycles. The van der Waals surface area contributed by atoms with E-state index in [0.29, 0.717) is 5.41 Å². The summed E-state index contributed by atoms with van der Waals surface area (Å²) in [4.78, 5) is 0. The molecule has 1 aromatic rings. The molecule has 1 aromatic heterocycles. The molecule has 1 aliphatic heterocycles. The molecule has 1 aliphatic rings. The van der Waals surface area contributed by atoms with Crippen molar-refractivity contribution in [1.29, 1.82) is 0 Å². The second kappa shape index (κ2) is 3.07. The van der Waals surface area contributed by atoms with Crippen LogP contribution in [0, 0.1) is 18.3 Å². The van der Waals surface area contributed by atoms with Crippen LogP contribution in [-0.4, -0.2) is 14.8 Å². The van der Waals surface area contributed by atoms with Crippen LogP contribution in [0.15, 0.2) is 0 Å². The Bertz CT molecular complexity index is 333. The van der Waals surface area contributed by atoms with Crippen molar-refractivity contribution < 1.29 is 0 Å². The summed E-state index contributed by atoms with van der Waals surface area (Å²) in [5.74, 6) is 2.99. The normalized spacial score (nSPS) is 22.1. The molecule has 2 heterocycles. The average Bonchev–Trinajstić information content (AvgIpc) is 2.46. The molecule has 0 saturated heterocycles. The van der Waals surface area contributed by atoms with Gasteiger partial charge in [0.1, 0.15) is 11.6 Å². The number of nitrogens with zero attached hydrogens (tertiary/aromatic N) is 3. The Morgan fingerprint density at radius 3 is 2.64 bits per heavy atom. The lowest BCUT2D eigenvalue weighted by Crippen LogP contribution is -2.30. The van der Waals surface area contributed by atoms with E-state index in [1.54, 1.807) is 0 Å². The van der Waals surface area contributed by atoms with Crippen LogP contribution in [0.25, 0.3) is 0 Å². The van der Waals surface area contributed by atoms with Gasteiger partial charge < -0.3 is 4.57 Å². The van der Waals surface area contributed by atoms with Crippen LogP contribution in [0.4, 0.5) is 0 Å². The number of hydrogen-bond acceptors (Lipinski definition) is 2. The quantitative estimate of drug-likeness (QED) is 0.632. The Hall–Kier alpha value is -0.860. The Kier molecular flexibility index (Phi) is 2.13. The molecule has 3 nitrogen and oxygen atoms in total. The molecule has 0 bridgehead atoms. The summed E-state index contributed by atoms with van der Waals surface area (Å²) < 4.78 is 2.28. The molecule has 14 heavy (non-hydrogen) atoms. The number of fused-ring (bicyclic) bond motifs is 1. The van der Waals surface area contributed by atoms with Crippen molar-refractivity contribution in [2.75, 3.05) is 0 Å². The minimum absolute atomic E-state index is 0.397. The third kappa shape index (κ3) is 1.56. The van der Waals surface area contributed by atoms with Crippen LogP contribution in [0.1, 0.15) is 38.8 Å². The van der Waals surface area contributed by atoms with Gasteiger partial charge in [0.2, 0.25) is 0 Å². The molecule has 2 rings (SSSR count). The van der Waals surface area contributed by atoms with Crippen molar-refractivity contribution in [3.63, 3.8) is 0 Å². The Morgan fingerprint density at radius 2 is 2.00 bits per heavy atom. The molecular weight excluding hydrogens is 174 g/mol. The third-order valence-corrected chi connectivity index (χ3v) is 3.36. The summed E-state index contributed by atoms with van der Waals surface area (Å²) in [7, 11) is 0. The summed E-state index contributed by atoms with van der Waals surface area (Å²) in [6.45, 7) is 10.1. The van der Waals surface area contributed by atoms with E-state index in [9.17, 15) is 0 Å². The highest BCUT2D eigenvalue weighted by Crippen LogP contribution is 2.34. The van der Waals surface area contributed by atoms with Crippen molar-refractivity contribution >= 4 is 0 Å². The lowest BCUT2D eigenvalue weighted by Gasteiger charge is -2.34. The molecule has 0 amide bonds. The van der Waals surface area contributed by atoms with Gasteiger partial charge in [0.05, 0.1) is 0 Å². The van der Waals surface area contributed by atoms with E-state index in [1.807, 2.05) is 6.92 Å². The van der Waals surface area contributed by atoms with E-state index < -0.39 is 0 Å². The maximum absolute atomic E-state index is 4.19. The van der Waals surface area contributed by atoms with Gasteiger partial charge in [-0.25, -0.2) is 0 Å². The lowest BCUT2D eigenvalue weighted by atomic mass is 9.77. The first-order valence-corrected chi connectivity index (χ1v) is 5.37. The highest BCUT2D eigenvalue weighted by Gasteiger charge is 2.29. The van der Waals surface area contributed by atoms with E-state index in [2.05, 4.69) is 35.5 Å².